The van der Waals surface area contributed by atoms with Crippen molar-refractivity contribution < 1.29 is 38.1 Å². The topological polar surface area (TPSA) is 132 Å². The Labute approximate surface area is 347 Å². The predicted octanol–water partition coefficient (Wildman–Crippen LogP) is 9.68. The number of carbonyl (C=O) groups is 3. The third-order valence-corrected chi connectivity index (χ3v) is 16.2. The van der Waals surface area contributed by atoms with Gasteiger partial charge in [0.1, 0.15) is 23.7 Å². The van der Waals surface area contributed by atoms with E-state index in [9.17, 15) is 23.8 Å². The first-order valence-electron chi connectivity index (χ1n) is 21.7. The Balaban J connectivity index is 1.12. The van der Waals surface area contributed by atoms with Crippen LogP contribution >= 0.6 is 7.37 Å². The van der Waals surface area contributed by atoms with Gasteiger partial charge in [-0.05, 0) is 68.6 Å². The van der Waals surface area contributed by atoms with Crippen LogP contribution in [-0.2, 0) is 29.8 Å². The number of ketones is 1. The number of Topliss-reactive ketones (excluding diaryl/α,β-unsaturated/α-hetero) is 1. The number of hydrogen-bond acceptors (Lipinski definition) is 8. The predicted molar refractivity (Wildman–Crippen MR) is 227 cm³/mol. The van der Waals surface area contributed by atoms with Crippen LogP contribution in [-0.4, -0.2) is 69.5 Å². The van der Waals surface area contributed by atoms with Gasteiger partial charge in [0.2, 0.25) is 13.3 Å². The van der Waals surface area contributed by atoms with Gasteiger partial charge in [-0.3, -0.25) is 18.9 Å². The quantitative estimate of drug-likeness (QED) is 0.123. The van der Waals surface area contributed by atoms with Gasteiger partial charge in [-0.1, -0.05) is 92.8 Å². The molecule has 4 aliphatic rings. The van der Waals surface area contributed by atoms with Crippen molar-refractivity contribution in [3.05, 3.63) is 90.5 Å². The fourth-order valence-electron chi connectivity index (χ4n) is 9.98. The van der Waals surface area contributed by atoms with Crippen LogP contribution in [0.1, 0.15) is 102 Å². The minimum atomic E-state index is -3.87. The van der Waals surface area contributed by atoms with Crippen molar-refractivity contribution in [2.45, 2.75) is 126 Å². The number of methoxy groups -OCH3 is 1. The van der Waals surface area contributed by atoms with Crippen LogP contribution in [0.2, 0.25) is 0 Å². The molecule has 0 spiro atoms. The molecule has 0 bridgehead atoms. The zero-order chi connectivity index (χ0) is 41.0. The molecular weight excluding hydrogens is 764 g/mol. The standard InChI is InChI=1S/C48H57N2O8P/c1-56-38-23-24-40-42(26-38)49-41(34-17-10-6-11-18-34)28-45(40)57-39-27-43-44(51)30-48(59(54,55)32-33-15-7-5-8-16-33)29-36(48)20-12-4-2-3-9-19-35(47(53)50(43)31-39)25-46(52)58-37-21-13-14-22-37/h5-8,10-11,15-18,23-24,26,28,35-37,39,43H,2-4,9,12-14,19-22,25,27,29-32H2,1H3,(H,54,55)/t35-,36-,39-,43+,48-/m1/s1. The summed E-state index contributed by atoms with van der Waals surface area (Å²) in [6.07, 6.45) is 9.60. The summed E-state index contributed by atoms with van der Waals surface area (Å²) in [7, 11) is -2.26. The maximum Gasteiger partial charge on any atom is 0.306 e. The molecule has 2 saturated heterocycles. The largest absolute Gasteiger partial charge is 0.497 e. The second kappa shape index (κ2) is 18.0. The van der Waals surface area contributed by atoms with Gasteiger partial charge in [0, 0.05) is 41.8 Å². The van der Waals surface area contributed by atoms with Crippen LogP contribution < -0.4 is 9.47 Å². The third kappa shape index (κ3) is 9.29. The first-order valence-corrected chi connectivity index (χ1v) is 23.6. The molecule has 312 valence electrons. The lowest BCUT2D eigenvalue weighted by Gasteiger charge is -2.30. The van der Waals surface area contributed by atoms with Gasteiger partial charge < -0.3 is 24.0 Å². The molecule has 2 saturated carbocycles. The fraction of sp³-hybridized carbons (Fsp3) is 0.500. The van der Waals surface area contributed by atoms with Gasteiger partial charge in [0.25, 0.3) is 0 Å². The lowest BCUT2D eigenvalue weighted by molar-refractivity contribution is -0.154. The number of hydrogen-bond donors (Lipinski definition) is 1. The molecule has 8 rings (SSSR count). The number of rotatable bonds is 10. The highest BCUT2D eigenvalue weighted by Gasteiger charge is 2.65. The number of benzene rings is 3. The zero-order valence-electron chi connectivity index (χ0n) is 34.1. The van der Waals surface area contributed by atoms with Gasteiger partial charge in [-0.15, -0.1) is 0 Å². The van der Waals surface area contributed by atoms with E-state index in [-0.39, 0.29) is 61.7 Å². The first kappa shape index (κ1) is 41.2. The summed E-state index contributed by atoms with van der Waals surface area (Å²) in [6.45, 7) is 0.140. The third-order valence-electron chi connectivity index (χ3n) is 13.3. The Morgan fingerprint density at radius 2 is 1.56 bits per heavy atom. The molecule has 11 heteroatoms. The van der Waals surface area contributed by atoms with Crippen molar-refractivity contribution in [3.8, 4) is 22.8 Å². The Bertz CT molecular complexity index is 2180. The SMILES string of the molecule is COc1ccc2c(O[C@@H]3C[C@H]4C(=O)C[C@]5(P(=O)(O)Cc6ccccc6)C[C@H]5CCCCCCC[C@H](CC(=O)OC5CCCC5)C(=O)N4C3)cc(-c3ccccc3)nc2c1. The van der Waals surface area contributed by atoms with Crippen LogP contribution in [0, 0.1) is 11.8 Å². The lowest BCUT2D eigenvalue weighted by atomic mass is 9.94. The molecule has 1 aromatic heterocycles. The number of nitrogens with zero attached hydrogens (tertiary/aromatic N) is 2. The van der Waals surface area contributed by atoms with Crippen molar-refractivity contribution in [1.82, 2.24) is 9.88 Å². The van der Waals surface area contributed by atoms with E-state index >= 15 is 0 Å². The highest BCUT2D eigenvalue weighted by molar-refractivity contribution is 7.59. The summed E-state index contributed by atoms with van der Waals surface area (Å²) in [5.74, 6) is -0.289. The number of esters is 1. The van der Waals surface area contributed by atoms with Gasteiger partial charge in [0.05, 0.1) is 48.6 Å². The van der Waals surface area contributed by atoms with Crippen molar-refractivity contribution in [2.24, 2.45) is 11.8 Å². The van der Waals surface area contributed by atoms with E-state index in [0.29, 0.717) is 35.6 Å². The maximum absolute atomic E-state index is 14.9. The minimum Gasteiger partial charge on any atom is -0.497 e. The normalized spacial score (nSPS) is 26.6. The van der Waals surface area contributed by atoms with Crippen molar-refractivity contribution in [1.29, 1.82) is 0 Å². The van der Waals surface area contributed by atoms with E-state index in [1.54, 1.807) is 12.0 Å². The molecule has 2 aliphatic heterocycles. The van der Waals surface area contributed by atoms with Gasteiger partial charge in [-0.25, -0.2) is 4.98 Å². The highest BCUT2D eigenvalue weighted by Crippen LogP contribution is 2.75. The molecule has 2 aliphatic carbocycles. The Morgan fingerprint density at radius 1 is 0.864 bits per heavy atom. The molecule has 1 N–H and O–H groups in total. The van der Waals surface area contributed by atoms with Gasteiger partial charge in [0.15, 0.2) is 5.78 Å². The highest BCUT2D eigenvalue weighted by atomic mass is 31.2. The molecule has 6 atom stereocenters. The molecule has 0 radical (unpaired) electrons. The number of fused-ring (bicyclic) bond motifs is 3. The summed E-state index contributed by atoms with van der Waals surface area (Å²) >= 11 is 0. The molecule has 1 unspecified atom stereocenters. The van der Waals surface area contributed by atoms with E-state index in [0.717, 1.165) is 80.7 Å². The van der Waals surface area contributed by atoms with E-state index in [4.69, 9.17) is 19.2 Å². The number of pyridine rings is 1. The molecule has 4 fully saturated rings. The second-order valence-electron chi connectivity index (χ2n) is 17.4. The summed E-state index contributed by atoms with van der Waals surface area (Å²) in [5, 5.41) is -0.273. The number of amides is 1. The smallest absolute Gasteiger partial charge is 0.306 e. The molecule has 3 heterocycles. The molecule has 10 nitrogen and oxygen atoms in total. The molecule has 4 aromatic rings. The monoisotopic (exact) mass is 820 g/mol. The zero-order valence-corrected chi connectivity index (χ0v) is 35.0. The number of aromatic nitrogens is 1. The van der Waals surface area contributed by atoms with E-state index in [1.165, 1.54) is 0 Å². The van der Waals surface area contributed by atoms with Crippen LogP contribution in [0.4, 0.5) is 0 Å². The van der Waals surface area contributed by atoms with Crippen molar-refractivity contribution in [3.63, 3.8) is 0 Å². The summed E-state index contributed by atoms with van der Waals surface area (Å²) in [4.78, 5) is 61.7. The second-order valence-corrected chi connectivity index (χ2v) is 20.0. The van der Waals surface area contributed by atoms with Crippen molar-refractivity contribution >= 4 is 35.9 Å². The molecular formula is C48H57N2O8P. The van der Waals surface area contributed by atoms with Crippen LogP contribution in [0.15, 0.2) is 84.9 Å². The average Bonchev–Trinajstić information content (AvgIpc) is 3.49. The lowest BCUT2D eigenvalue weighted by Crippen LogP contribution is -2.45. The minimum absolute atomic E-state index is 0.00545. The van der Waals surface area contributed by atoms with E-state index in [2.05, 4.69) is 0 Å². The number of carbonyl (C=O) groups excluding carboxylic acids is 3. The maximum atomic E-state index is 14.9. The molecule has 59 heavy (non-hydrogen) atoms. The summed E-state index contributed by atoms with van der Waals surface area (Å²) < 4.78 is 32.8. The van der Waals surface area contributed by atoms with Crippen molar-refractivity contribution in [2.75, 3.05) is 13.7 Å². The fourth-order valence-corrected chi connectivity index (χ4v) is 12.6. The summed E-state index contributed by atoms with van der Waals surface area (Å²) in [5.41, 5.74) is 3.07. The first-order chi connectivity index (χ1) is 28.6. The Hall–Kier alpha value is -4.53. The van der Waals surface area contributed by atoms with Crippen LogP contribution in [0.25, 0.3) is 22.2 Å². The average molecular weight is 821 g/mol. The number of ether oxygens (including phenoxy) is 3. The van der Waals surface area contributed by atoms with Crippen LogP contribution in [0.5, 0.6) is 11.5 Å². The van der Waals surface area contributed by atoms with Gasteiger partial charge >= 0.3 is 5.97 Å². The Kier molecular flexibility index (Phi) is 12.6. The van der Waals surface area contributed by atoms with Crippen LogP contribution in [0.3, 0.4) is 0 Å². The van der Waals surface area contributed by atoms with Gasteiger partial charge in [-0.2, -0.15) is 0 Å². The van der Waals surface area contributed by atoms with E-state index in [1.807, 2.05) is 84.9 Å². The molecule has 1 amide bonds. The Morgan fingerprint density at radius 3 is 2.31 bits per heavy atom. The summed E-state index contributed by atoms with van der Waals surface area (Å²) in [6, 6.07) is 25.8. The molecule has 3 aromatic carbocycles. The van der Waals surface area contributed by atoms with E-state index < -0.39 is 30.6 Å².